The van der Waals surface area contributed by atoms with Crippen LogP contribution in [0.5, 0.6) is 0 Å². The van der Waals surface area contributed by atoms with Gasteiger partial charge in [-0.1, -0.05) is 33.8 Å². The van der Waals surface area contributed by atoms with Crippen LogP contribution >= 0.6 is 0 Å². The first-order valence-corrected chi connectivity index (χ1v) is 10.5. The van der Waals surface area contributed by atoms with E-state index >= 15 is 0 Å². The Kier molecular flexibility index (Phi) is 8.85. The number of rotatable bonds is 9. The third kappa shape index (κ3) is 7.01. The molecule has 0 aliphatic carbocycles. The summed E-state index contributed by atoms with van der Waals surface area (Å²) in [5, 5.41) is 6.27. The molecule has 1 saturated heterocycles. The lowest BCUT2D eigenvalue weighted by molar-refractivity contribution is 0.183. The summed E-state index contributed by atoms with van der Waals surface area (Å²) in [5.41, 5.74) is 0. The lowest BCUT2D eigenvalue weighted by atomic mass is 10.0. The number of urea groups is 1. The minimum absolute atomic E-state index is 0.0350. The Hall–Kier alpha value is -1.82. The maximum Gasteiger partial charge on any atom is 0.315 e. The van der Waals surface area contributed by atoms with Gasteiger partial charge < -0.3 is 15.5 Å². The summed E-state index contributed by atoms with van der Waals surface area (Å²) in [4.78, 5) is 21.5. The van der Waals surface area contributed by atoms with Gasteiger partial charge in [0, 0.05) is 37.9 Å². The number of hydrogen-bond acceptors (Lipinski definition) is 4. The number of nitrogens with zero attached hydrogens (tertiary/aromatic N) is 3. The second-order valence-electron chi connectivity index (χ2n) is 7.81. The lowest BCUT2D eigenvalue weighted by Gasteiger charge is -2.34. The number of anilines is 1. The van der Waals surface area contributed by atoms with E-state index in [1.807, 2.05) is 24.4 Å². The first-order valence-electron chi connectivity index (χ1n) is 10.5. The normalized spacial score (nSPS) is 16.6. The highest BCUT2D eigenvalue weighted by atomic mass is 16.2. The number of amides is 2. The topological polar surface area (TPSA) is 60.5 Å². The molecule has 2 N–H and O–H groups in total. The van der Waals surface area contributed by atoms with Crippen LogP contribution in [0.25, 0.3) is 0 Å². The molecular weight excluding hydrogens is 338 g/mol. The van der Waals surface area contributed by atoms with Crippen LogP contribution in [0.3, 0.4) is 0 Å². The summed E-state index contributed by atoms with van der Waals surface area (Å²) < 4.78 is 0. The molecule has 2 rings (SSSR count). The van der Waals surface area contributed by atoms with Crippen molar-refractivity contribution in [2.45, 2.75) is 59.0 Å². The van der Waals surface area contributed by atoms with Gasteiger partial charge in [-0.05, 0) is 50.4 Å². The first kappa shape index (κ1) is 21.5. The van der Waals surface area contributed by atoms with Gasteiger partial charge in [-0.2, -0.15) is 0 Å². The molecule has 1 aromatic rings. The molecular formula is C21H37N5O. The average molecular weight is 376 g/mol. The van der Waals surface area contributed by atoms with Crippen molar-refractivity contribution >= 4 is 11.8 Å². The number of pyridine rings is 1. The highest BCUT2D eigenvalue weighted by Crippen LogP contribution is 2.17. The first-order chi connectivity index (χ1) is 13.0. The smallest absolute Gasteiger partial charge is 0.315 e. The molecule has 1 unspecified atom stereocenters. The van der Waals surface area contributed by atoms with Gasteiger partial charge in [0.1, 0.15) is 5.82 Å². The lowest BCUT2D eigenvalue weighted by Crippen LogP contribution is -2.51. The van der Waals surface area contributed by atoms with E-state index in [1.54, 1.807) is 0 Å². The molecule has 1 atom stereocenters. The minimum atomic E-state index is -0.0350. The van der Waals surface area contributed by atoms with Crippen LogP contribution in [0.2, 0.25) is 0 Å². The molecule has 2 amide bonds. The summed E-state index contributed by atoms with van der Waals surface area (Å²) in [6, 6.07) is 6.60. The van der Waals surface area contributed by atoms with E-state index in [1.165, 1.54) is 0 Å². The van der Waals surface area contributed by atoms with Crippen molar-refractivity contribution < 1.29 is 4.79 Å². The van der Waals surface area contributed by atoms with Gasteiger partial charge in [0.05, 0.1) is 0 Å². The Morgan fingerprint density at radius 2 is 1.96 bits per heavy atom. The number of hydrogen-bond donors (Lipinski definition) is 2. The zero-order valence-corrected chi connectivity index (χ0v) is 17.4. The fraction of sp³-hybridized carbons (Fsp3) is 0.714. The van der Waals surface area contributed by atoms with E-state index < -0.39 is 0 Å². The fourth-order valence-corrected chi connectivity index (χ4v) is 3.89. The van der Waals surface area contributed by atoms with Gasteiger partial charge in [-0.3, -0.25) is 4.90 Å². The highest BCUT2D eigenvalue weighted by molar-refractivity contribution is 5.74. The second-order valence-corrected chi connectivity index (χ2v) is 7.81. The highest BCUT2D eigenvalue weighted by Gasteiger charge is 2.22. The fourth-order valence-electron chi connectivity index (χ4n) is 3.89. The van der Waals surface area contributed by atoms with Crippen LogP contribution in [0.15, 0.2) is 24.4 Å². The van der Waals surface area contributed by atoms with Crippen LogP contribution < -0.4 is 15.5 Å². The summed E-state index contributed by atoms with van der Waals surface area (Å²) in [6.45, 7) is 13.5. The number of piperidine rings is 1. The molecule has 0 bridgehead atoms. The van der Waals surface area contributed by atoms with Crippen molar-refractivity contribution in [1.29, 1.82) is 0 Å². The van der Waals surface area contributed by atoms with Crippen LogP contribution in [-0.4, -0.2) is 60.7 Å². The Morgan fingerprint density at radius 1 is 1.26 bits per heavy atom. The van der Waals surface area contributed by atoms with Gasteiger partial charge in [-0.25, -0.2) is 9.78 Å². The quantitative estimate of drug-likeness (QED) is 0.696. The van der Waals surface area contributed by atoms with E-state index in [-0.39, 0.29) is 12.1 Å². The van der Waals surface area contributed by atoms with Gasteiger partial charge in [0.15, 0.2) is 0 Å². The molecule has 27 heavy (non-hydrogen) atoms. The number of carbonyl (C=O) groups excluding carboxylic acids is 1. The van der Waals surface area contributed by atoms with E-state index in [0.717, 1.165) is 51.3 Å². The molecule has 1 aromatic heterocycles. The molecule has 6 nitrogen and oxygen atoms in total. The third-order valence-electron chi connectivity index (χ3n) is 5.37. The molecule has 2 heterocycles. The van der Waals surface area contributed by atoms with E-state index in [2.05, 4.69) is 53.1 Å². The monoisotopic (exact) mass is 375 g/mol. The van der Waals surface area contributed by atoms with Crippen LogP contribution in [0.4, 0.5) is 10.6 Å². The largest absolute Gasteiger partial charge is 0.356 e. The summed E-state index contributed by atoms with van der Waals surface area (Å²) in [7, 11) is 0. The molecule has 0 spiro atoms. The zero-order chi connectivity index (χ0) is 19.6. The second kappa shape index (κ2) is 11.1. The molecule has 1 aliphatic heterocycles. The predicted octanol–water partition coefficient (Wildman–Crippen LogP) is 3.11. The Balaban J connectivity index is 1.75. The van der Waals surface area contributed by atoms with Gasteiger partial charge in [-0.15, -0.1) is 0 Å². The van der Waals surface area contributed by atoms with Crippen LogP contribution in [0.1, 0.15) is 47.0 Å². The number of likely N-dealkylation sites (N-methyl/N-ethyl adjacent to an activating group) is 1. The van der Waals surface area contributed by atoms with Crippen LogP contribution in [0, 0.1) is 5.92 Å². The number of carbonyl (C=O) groups is 1. The van der Waals surface area contributed by atoms with Crippen molar-refractivity contribution in [3.05, 3.63) is 24.4 Å². The van der Waals surface area contributed by atoms with Crippen LogP contribution in [-0.2, 0) is 0 Å². The Labute approximate surface area is 164 Å². The molecule has 1 fully saturated rings. The average Bonchev–Trinajstić information content (AvgIpc) is 2.68. The molecule has 1 aliphatic rings. The van der Waals surface area contributed by atoms with Crippen molar-refractivity contribution in [1.82, 2.24) is 20.5 Å². The van der Waals surface area contributed by atoms with E-state index in [9.17, 15) is 4.79 Å². The third-order valence-corrected chi connectivity index (χ3v) is 5.37. The minimum Gasteiger partial charge on any atom is -0.356 e. The zero-order valence-electron chi connectivity index (χ0n) is 17.4. The molecule has 152 valence electrons. The maximum atomic E-state index is 12.4. The SMILES string of the molecule is CCN(CC)C(CNC(=O)NC1CCN(c2ccccn2)CC1)CC(C)C. The molecule has 0 aromatic carbocycles. The summed E-state index contributed by atoms with van der Waals surface area (Å²) >= 11 is 0. The standard InChI is InChI=1S/C21H37N5O/c1-5-25(6-2)19(15-17(3)4)16-23-21(27)24-18-10-13-26(14-11-18)20-9-7-8-12-22-20/h7-9,12,17-19H,5-6,10-11,13-16H2,1-4H3,(H2,23,24,27). The number of aromatic nitrogens is 1. The molecule has 0 saturated carbocycles. The van der Waals surface area contributed by atoms with Crippen molar-refractivity contribution in [2.75, 3.05) is 37.6 Å². The van der Waals surface area contributed by atoms with Crippen molar-refractivity contribution in [3.63, 3.8) is 0 Å². The van der Waals surface area contributed by atoms with Gasteiger partial charge in [0.25, 0.3) is 0 Å². The maximum absolute atomic E-state index is 12.4. The predicted molar refractivity (Wildman–Crippen MR) is 112 cm³/mol. The van der Waals surface area contributed by atoms with E-state index in [0.29, 0.717) is 18.5 Å². The Morgan fingerprint density at radius 3 is 2.52 bits per heavy atom. The summed E-state index contributed by atoms with van der Waals surface area (Å²) in [6.07, 6.45) is 4.84. The van der Waals surface area contributed by atoms with Gasteiger partial charge in [0.2, 0.25) is 0 Å². The van der Waals surface area contributed by atoms with Crippen molar-refractivity contribution in [2.24, 2.45) is 5.92 Å². The number of nitrogens with one attached hydrogen (secondary N) is 2. The summed E-state index contributed by atoms with van der Waals surface area (Å²) in [5.74, 6) is 1.65. The molecule has 6 heteroatoms. The van der Waals surface area contributed by atoms with Gasteiger partial charge >= 0.3 is 6.03 Å². The van der Waals surface area contributed by atoms with Crippen molar-refractivity contribution in [3.8, 4) is 0 Å². The Bertz CT molecular complexity index is 539. The van der Waals surface area contributed by atoms with E-state index in [4.69, 9.17) is 0 Å². The molecule has 0 radical (unpaired) electrons.